The number of carbonyl (C=O) groups excluding carboxylic acids is 1. The number of benzene rings is 1. The summed E-state index contributed by atoms with van der Waals surface area (Å²) in [5.74, 6) is 0.776. The predicted molar refractivity (Wildman–Crippen MR) is 108 cm³/mol. The molecule has 0 spiro atoms. The first kappa shape index (κ1) is 16.7. The maximum Gasteiger partial charge on any atom is 0.243 e. The van der Waals surface area contributed by atoms with Crippen LogP contribution in [0.4, 0.5) is 5.13 Å². The van der Waals surface area contributed by atoms with E-state index in [0.717, 1.165) is 40.4 Å². The van der Waals surface area contributed by atoms with Crippen LogP contribution in [0, 0.1) is 0 Å². The van der Waals surface area contributed by atoms with Crippen LogP contribution in [-0.4, -0.2) is 28.5 Å². The van der Waals surface area contributed by atoms with E-state index in [9.17, 15) is 4.79 Å². The number of fused-ring (bicyclic) bond motifs is 1. The van der Waals surface area contributed by atoms with Gasteiger partial charge in [0, 0.05) is 19.3 Å². The van der Waals surface area contributed by atoms with Gasteiger partial charge in [0.25, 0.3) is 0 Å². The summed E-state index contributed by atoms with van der Waals surface area (Å²) in [4.78, 5) is 24.2. The molecule has 3 heterocycles. The highest BCUT2D eigenvalue weighted by Crippen LogP contribution is 2.41. The van der Waals surface area contributed by atoms with Crippen LogP contribution in [0.5, 0.6) is 0 Å². The first-order valence-electron chi connectivity index (χ1n) is 9.63. The van der Waals surface area contributed by atoms with Crippen molar-refractivity contribution < 1.29 is 4.79 Å². The van der Waals surface area contributed by atoms with Gasteiger partial charge in [-0.3, -0.25) is 4.79 Å². The van der Waals surface area contributed by atoms with Crippen molar-refractivity contribution in [2.45, 2.75) is 44.2 Å². The molecule has 1 aliphatic heterocycles. The Bertz CT molecular complexity index is 967. The molecule has 1 saturated heterocycles. The minimum atomic E-state index is -0.142. The van der Waals surface area contributed by atoms with Crippen molar-refractivity contribution >= 4 is 32.7 Å². The van der Waals surface area contributed by atoms with Gasteiger partial charge in [-0.05, 0) is 48.8 Å². The van der Waals surface area contributed by atoms with Gasteiger partial charge in [0.05, 0.1) is 4.70 Å². The summed E-state index contributed by atoms with van der Waals surface area (Å²) in [6, 6.07) is 12.1. The molecule has 1 atom stereocenters. The Morgan fingerprint density at radius 2 is 2.07 bits per heavy atom. The van der Waals surface area contributed by atoms with Crippen LogP contribution in [-0.2, 0) is 11.3 Å². The third-order valence-corrected chi connectivity index (χ3v) is 6.45. The second kappa shape index (κ2) is 6.93. The molecule has 2 fully saturated rings. The number of nitrogens with one attached hydrogen (secondary N) is 1. The quantitative estimate of drug-likeness (QED) is 0.733. The van der Waals surface area contributed by atoms with E-state index in [1.54, 1.807) is 11.3 Å². The first-order valence-corrected chi connectivity index (χ1v) is 10.4. The number of pyridine rings is 1. The zero-order valence-electron chi connectivity index (χ0n) is 15.1. The summed E-state index contributed by atoms with van der Waals surface area (Å²) >= 11 is 1.66. The number of nitrogens with zero attached hydrogens (tertiary/aromatic N) is 3. The second-order valence-electron chi connectivity index (χ2n) is 7.42. The fourth-order valence-electron chi connectivity index (χ4n) is 3.76. The highest BCUT2D eigenvalue weighted by atomic mass is 32.1. The van der Waals surface area contributed by atoms with Crippen LogP contribution in [0.3, 0.4) is 0 Å². The Hall–Kier alpha value is -2.47. The van der Waals surface area contributed by atoms with Crippen molar-refractivity contribution in [2.75, 3.05) is 11.4 Å². The van der Waals surface area contributed by atoms with Crippen LogP contribution in [0.2, 0.25) is 0 Å². The van der Waals surface area contributed by atoms with Crippen LogP contribution in [0.1, 0.15) is 42.7 Å². The molecule has 1 aliphatic carbocycles. The molecule has 3 aromatic rings. The summed E-state index contributed by atoms with van der Waals surface area (Å²) < 4.78 is 1.13. The number of thiazole rings is 1. The van der Waals surface area contributed by atoms with Crippen molar-refractivity contribution in [1.82, 2.24) is 15.3 Å². The molecule has 0 bridgehead atoms. The molecule has 1 saturated carbocycles. The second-order valence-corrected chi connectivity index (χ2v) is 8.43. The number of hydrogen-bond acceptors (Lipinski definition) is 5. The number of aromatic nitrogens is 2. The van der Waals surface area contributed by atoms with E-state index >= 15 is 0 Å². The van der Waals surface area contributed by atoms with Crippen LogP contribution >= 0.6 is 11.3 Å². The maximum absolute atomic E-state index is 12.8. The Balaban J connectivity index is 1.32. The van der Waals surface area contributed by atoms with E-state index in [1.807, 2.05) is 36.5 Å². The van der Waals surface area contributed by atoms with Crippen molar-refractivity contribution in [3.63, 3.8) is 0 Å². The van der Waals surface area contributed by atoms with Crippen LogP contribution in [0.25, 0.3) is 10.3 Å². The van der Waals surface area contributed by atoms with Crippen molar-refractivity contribution in [1.29, 1.82) is 0 Å². The number of hydrogen-bond donors (Lipinski definition) is 1. The Labute approximate surface area is 162 Å². The highest BCUT2D eigenvalue weighted by molar-refractivity contribution is 7.22. The van der Waals surface area contributed by atoms with Crippen molar-refractivity contribution in [3.8, 4) is 0 Å². The molecule has 6 heteroatoms. The third-order valence-electron chi connectivity index (χ3n) is 5.42. The molecule has 2 aromatic heterocycles. The molecule has 138 valence electrons. The summed E-state index contributed by atoms with van der Waals surface area (Å²) in [6.45, 7) is 1.44. The predicted octanol–water partition coefficient (Wildman–Crippen LogP) is 3.85. The van der Waals surface area contributed by atoms with Crippen molar-refractivity contribution in [2.24, 2.45) is 0 Å². The summed E-state index contributed by atoms with van der Waals surface area (Å²) in [6.07, 6.45) is 6.40. The van der Waals surface area contributed by atoms with E-state index < -0.39 is 0 Å². The zero-order valence-corrected chi connectivity index (χ0v) is 15.9. The number of carbonyl (C=O) groups is 1. The van der Waals surface area contributed by atoms with Gasteiger partial charge in [0.15, 0.2) is 10.8 Å². The standard InChI is InChI=1S/C21H22N4OS/c26-20(23-12-14-5-2-1-3-6-14)17-7-4-10-25(17)21-24-19-18(27-21)11-16(13-22-19)15-8-9-15/h1-3,5-6,11,13,15,17H,4,7-10,12H2,(H,23,26). The molecule has 0 radical (unpaired) electrons. The Kier molecular flexibility index (Phi) is 4.28. The van der Waals surface area contributed by atoms with Gasteiger partial charge in [-0.2, -0.15) is 4.98 Å². The largest absolute Gasteiger partial charge is 0.350 e. The number of anilines is 1. The van der Waals surface area contributed by atoms with Gasteiger partial charge in [-0.1, -0.05) is 41.7 Å². The van der Waals surface area contributed by atoms with E-state index in [1.165, 1.54) is 18.4 Å². The summed E-state index contributed by atoms with van der Waals surface area (Å²) in [5.41, 5.74) is 3.25. The van der Waals surface area contributed by atoms with Gasteiger partial charge in [-0.15, -0.1) is 0 Å². The SMILES string of the molecule is O=C(NCc1ccccc1)C1CCCN1c1nc2ncc(C3CC3)cc2s1. The van der Waals surface area contributed by atoms with Gasteiger partial charge < -0.3 is 10.2 Å². The minimum Gasteiger partial charge on any atom is -0.350 e. The van der Waals surface area contributed by atoms with Crippen molar-refractivity contribution in [3.05, 3.63) is 53.7 Å². The van der Waals surface area contributed by atoms with Gasteiger partial charge >= 0.3 is 0 Å². The molecule has 1 amide bonds. The Morgan fingerprint density at radius 1 is 1.22 bits per heavy atom. The molecule has 1 unspecified atom stereocenters. The lowest BCUT2D eigenvalue weighted by Gasteiger charge is -2.23. The zero-order chi connectivity index (χ0) is 18.2. The van der Waals surface area contributed by atoms with Crippen LogP contribution in [0.15, 0.2) is 42.6 Å². The molecule has 5 nitrogen and oxygen atoms in total. The molecule has 27 heavy (non-hydrogen) atoms. The molecular formula is C21H22N4OS. The number of rotatable bonds is 5. The van der Waals surface area contributed by atoms with E-state index in [-0.39, 0.29) is 11.9 Å². The molecule has 5 rings (SSSR count). The molecular weight excluding hydrogens is 356 g/mol. The maximum atomic E-state index is 12.8. The monoisotopic (exact) mass is 378 g/mol. The summed E-state index contributed by atoms with van der Waals surface area (Å²) in [5, 5.41) is 4.01. The molecule has 1 aromatic carbocycles. The molecule has 2 aliphatic rings. The lowest BCUT2D eigenvalue weighted by molar-refractivity contribution is -0.122. The third kappa shape index (κ3) is 3.41. The number of amides is 1. The Morgan fingerprint density at radius 3 is 2.89 bits per heavy atom. The minimum absolute atomic E-state index is 0.0854. The lowest BCUT2D eigenvalue weighted by atomic mass is 10.2. The average molecular weight is 379 g/mol. The molecule has 1 N–H and O–H groups in total. The van der Waals surface area contributed by atoms with Crippen LogP contribution < -0.4 is 10.2 Å². The fourth-order valence-corrected chi connectivity index (χ4v) is 4.81. The average Bonchev–Trinajstić information content (AvgIpc) is 3.28. The van der Waals surface area contributed by atoms with E-state index in [4.69, 9.17) is 4.98 Å². The summed E-state index contributed by atoms with van der Waals surface area (Å²) in [7, 11) is 0. The normalized spacial score (nSPS) is 19.6. The van der Waals surface area contributed by atoms with E-state index in [0.29, 0.717) is 12.5 Å². The van der Waals surface area contributed by atoms with Gasteiger partial charge in [-0.25, -0.2) is 4.98 Å². The first-order chi connectivity index (χ1) is 13.3. The fraction of sp³-hybridized carbons (Fsp3) is 0.381. The highest BCUT2D eigenvalue weighted by Gasteiger charge is 2.33. The lowest BCUT2D eigenvalue weighted by Crippen LogP contribution is -2.43. The van der Waals surface area contributed by atoms with E-state index in [2.05, 4.69) is 21.3 Å². The van der Waals surface area contributed by atoms with Gasteiger partial charge in [0.1, 0.15) is 6.04 Å². The smallest absolute Gasteiger partial charge is 0.243 e. The van der Waals surface area contributed by atoms with Gasteiger partial charge in [0.2, 0.25) is 5.91 Å². The topological polar surface area (TPSA) is 58.1 Å².